The molecule has 0 spiro atoms. The molecular formula is C9H12O2. The van der Waals surface area contributed by atoms with E-state index < -0.39 is 0 Å². The third-order valence-corrected chi connectivity index (χ3v) is 2.43. The molecule has 0 aliphatic heterocycles. The largest absolute Gasteiger partial charge is 0.467 e. The van der Waals surface area contributed by atoms with Gasteiger partial charge in [-0.05, 0) is 30.9 Å². The highest BCUT2D eigenvalue weighted by molar-refractivity contribution is 5.04. The van der Waals surface area contributed by atoms with Gasteiger partial charge >= 0.3 is 0 Å². The maximum Gasteiger partial charge on any atom is 0.132 e. The number of furan rings is 1. The van der Waals surface area contributed by atoms with Crippen molar-refractivity contribution in [2.45, 2.75) is 25.4 Å². The highest BCUT2D eigenvalue weighted by Crippen LogP contribution is 2.37. The van der Waals surface area contributed by atoms with E-state index in [1.807, 2.05) is 12.1 Å². The van der Waals surface area contributed by atoms with Gasteiger partial charge < -0.3 is 9.52 Å². The molecule has 0 bridgehead atoms. The molecule has 1 unspecified atom stereocenters. The molecule has 60 valence electrons. The van der Waals surface area contributed by atoms with Crippen molar-refractivity contribution in [2.24, 2.45) is 5.92 Å². The second-order valence-corrected chi connectivity index (χ2v) is 3.15. The van der Waals surface area contributed by atoms with Gasteiger partial charge in [-0.25, -0.2) is 0 Å². The third kappa shape index (κ3) is 1.18. The summed E-state index contributed by atoms with van der Waals surface area (Å²) in [5.41, 5.74) is 0. The van der Waals surface area contributed by atoms with Crippen molar-refractivity contribution < 1.29 is 9.52 Å². The molecule has 1 aromatic rings. The van der Waals surface area contributed by atoms with Gasteiger partial charge in [0.15, 0.2) is 0 Å². The number of hydrogen-bond acceptors (Lipinski definition) is 2. The molecule has 0 saturated heterocycles. The van der Waals surface area contributed by atoms with Crippen molar-refractivity contribution in [2.75, 3.05) is 0 Å². The molecule has 1 saturated carbocycles. The lowest BCUT2D eigenvalue weighted by atomic mass is 9.80. The van der Waals surface area contributed by atoms with Gasteiger partial charge in [-0.1, -0.05) is 6.42 Å². The van der Waals surface area contributed by atoms with Crippen LogP contribution in [0.1, 0.15) is 31.1 Å². The lowest BCUT2D eigenvalue weighted by molar-refractivity contribution is 0.0444. The first-order valence-electron chi connectivity index (χ1n) is 4.09. The number of aliphatic hydroxyl groups excluding tert-OH is 1. The summed E-state index contributed by atoms with van der Waals surface area (Å²) in [5, 5.41) is 9.64. The summed E-state index contributed by atoms with van der Waals surface area (Å²) < 4.78 is 5.10. The zero-order valence-corrected chi connectivity index (χ0v) is 6.36. The molecule has 0 radical (unpaired) electrons. The summed E-state index contributed by atoms with van der Waals surface area (Å²) in [4.78, 5) is 0. The molecule has 1 N–H and O–H groups in total. The average Bonchev–Trinajstić information content (AvgIpc) is 2.32. The van der Waals surface area contributed by atoms with Crippen LogP contribution in [0.4, 0.5) is 0 Å². The van der Waals surface area contributed by atoms with E-state index in [1.54, 1.807) is 6.26 Å². The standard InChI is InChI=1S/C9H12O2/c10-9(7-3-1-4-7)8-5-2-6-11-8/h2,5-7,9-10H,1,3-4H2. The fourth-order valence-electron chi connectivity index (χ4n) is 1.45. The van der Waals surface area contributed by atoms with Crippen LogP contribution in [0.2, 0.25) is 0 Å². The highest BCUT2D eigenvalue weighted by Gasteiger charge is 2.28. The van der Waals surface area contributed by atoms with Crippen LogP contribution in [0.15, 0.2) is 22.8 Å². The Kier molecular flexibility index (Phi) is 1.70. The van der Waals surface area contributed by atoms with E-state index >= 15 is 0 Å². The van der Waals surface area contributed by atoms with E-state index in [1.165, 1.54) is 6.42 Å². The summed E-state index contributed by atoms with van der Waals surface area (Å²) in [5.74, 6) is 1.16. The second kappa shape index (κ2) is 2.70. The van der Waals surface area contributed by atoms with Gasteiger partial charge in [0.2, 0.25) is 0 Å². The fourth-order valence-corrected chi connectivity index (χ4v) is 1.45. The van der Waals surface area contributed by atoms with Gasteiger partial charge in [-0.15, -0.1) is 0 Å². The second-order valence-electron chi connectivity index (χ2n) is 3.15. The molecule has 1 fully saturated rings. The first-order valence-corrected chi connectivity index (χ1v) is 4.09. The van der Waals surface area contributed by atoms with Crippen molar-refractivity contribution >= 4 is 0 Å². The maximum atomic E-state index is 9.64. The van der Waals surface area contributed by atoms with E-state index in [4.69, 9.17) is 4.42 Å². The Bertz CT molecular complexity index is 211. The molecule has 2 rings (SSSR count). The van der Waals surface area contributed by atoms with Crippen LogP contribution in [0, 0.1) is 5.92 Å². The van der Waals surface area contributed by atoms with E-state index in [2.05, 4.69) is 0 Å². The molecule has 2 nitrogen and oxygen atoms in total. The van der Waals surface area contributed by atoms with E-state index in [9.17, 15) is 5.11 Å². The van der Waals surface area contributed by atoms with Gasteiger partial charge in [0.1, 0.15) is 11.9 Å². The Morgan fingerprint density at radius 1 is 1.55 bits per heavy atom. The smallest absolute Gasteiger partial charge is 0.132 e. The minimum atomic E-state index is -0.362. The van der Waals surface area contributed by atoms with Crippen LogP contribution >= 0.6 is 0 Å². The summed E-state index contributed by atoms with van der Waals surface area (Å²) in [7, 11) is 0. The first-order chi connectivity index (χ1) is 5.38. The van der Waals surface area contributed by atoms with Crippen molar-refractivity contribution in [3.05, 3.63) is 24.2 Å². The molecular weight excluding hydrogens is 140 g/mol. The van der Waals surface area contributed by atoms with Gasteiger partial charge in [-0.3, -0.25) is 0 Å². The van der Waals surface area contributed by atoms with Gasteiger partial charge in [0.25, 0.3) is 0 Å². The molecule has 1 aliphatic carbocycles. The summed E-state index contributed by atoms with van der Waals surface area (Å²) in [6.07, 6.45) is 4.78. The van der Waals surface area contributed by atoms with Gasteiger partial charge in [0.05, 0.1) is 6.26 Å². The Labute approximate surface area is 65.8 Å². The lowest BCUT2D eigenvalue weighted by Gasteiger charge is -2.28. The minimum absolute atomic E-state index is 0.362. The van der Waals surface area contributed by atoms with Crippen LogP contribution < -0.4 is 0 Å². The van der Waals surface area contributed by atoms with Gasteiger partial charge in [-0.2, -0.15) is 0 Å². The highest BCUT2D eigenvalue weighted by atomic mass is 16.4. The number of rotatable bonds is 2. The third-order valence-electron chi connectivity index (χ3n) is 2.43. The van der Waals surface area contributed by atoms with Crippen LogP contribution in [0.25, 0.3) is 0 Å². The minimum Gasteiger partial charge on any atom is -0.467 e. The molecule has 1 heterocycles. The predicted molar refractivity (Wildman–Crippen MR) is 41.0 cm³/mol. The maximum absolute atomic E-state index is 9.64. The monoisotopic (exact) mass is 152 g/mol. The van der Waals surface area contributed by atoms with Crippen LogP contribution in [0.3, 0.4) is 0 Å². The Balaban J connectivity index is 2.04. The van der Waals surface area contributed by atoms with Crippen LogP contribution in [0.5, 0.6) is 0 Å². The Morgan fingerprint density at radius 3 is 2.82 bits per heavy atom. The average molecular weight is 152 g/mol. The summed E-state index contributed by atoms with van der Waals surface area (Å²) in [6, 6.07) is 3.65. The van der Waals surface area contributed by atoms with E-state index in [0.717, 1.165) is 18.6 Å². The molecule has 1 aliphatic rings. The van der Waals surface area contributed by atoms with E-state index in [-0.39, 0.29) is 6.10 Å². The van der Waals surface area contributed by atoms with Crippen molar-refractivity contribution in [1.82, 2.24) is 0 Å². The SMILES string of the molecule is OC(c1ccco1)C1CCC1. The Hall–Kier alpha value is -0.760. The molecule has 1 atom stereocenters. The molecule has 2 heteroatoms. The predicted octanol–water partition coefficient (Wildman–Crippen LogP) is 2.11. The number of aliphatic hydroxyl groups is 1. The van der Waals surface area contributed by atoms with Gasteiger partial charge in [0, 0.05) is 0 Å². The summed E-state index contributed by atoms with van der Waals surface area (Å²) >= 11 is 0. The molecule has 0 aromatic carbocycles. The van der Waals surface area contributed by atoms with Crippen molar-refractivity contribution in [3.8, 4) is 0 Å². The first kappa shape index (κ1) is 6.92. The van der Waals surface area contributed by atoms with E-state index in [0.29, 0.717) is 5.92 Å². The number of hydrogen-bond donors (Lipinski definition) is 1. The Morgan fingerprint density at radius 2 is 2.36 bits per heavy atom. The molecule has 0 amide bonds. The topological polar surface area (TPSA) is 33.4 Å². The zero-order chi connectivity index (χ0) is 7.68. The lowest BCUT2D eigenvalue weighted by Crippen LogP contribution is -2.19. The molecule has 11 heavy (non-hydrogen) atoms. The quantitative estimate of drug-likeness (QED) is 0.704. The van der Waals surface area contributed by atoms with Crippen LogP contribution in [-0.4, -0.2) is 5.11 Å². The normalized spacial score (nSPS) is 21.2. The summed E-state index contributed by atoms with van der Waals surface area (Å²) in [6.45, 7) is 0. The van der Waals surface area contributed by atoms with Crippen LogP contribution in [-0.2, 0) is 0 Å². The fraction of sp³-hybridized carbons (Fsp3) is 0.556. The zero-order valence-electron chi connectivity index (χ0n) is 6.36. The van der Waals surface area contributed by atoms with Crippen molar-refractivity contribution in [3.63, 3.8) is 0 Å². The van der Waals surface area contributed by atoms with Crippen molar-refractivity contribution in [1.29, 1.82) is 0 Å². The molecule has 1 aromatic heterocycles.